The van der Waals surface area contributed by atoms with Crippen LogP contribution in [0.3, 0.4) is 0 Å². The van der Waals surface area contributed by atoms with Crippen molar-refractivity contribution in [1.82, 2.24) is 20.3 Å². The van der Waals surface area contributed by atoms with Crippen molar-refractivity contribution in [2.24, 2.45) is 0 Å². The van der Waals surface area contributed by atoms with E-state index < -0.39 is 6.04 Å². The number of hydrogen-bond acceptors (Lipinski definition) is 7. The number of carbonyl (C=O) groups is 2. The Morgan fingerprint density at radius 2 is 1.97 bits per heavy atom. The Kier molecular flexibility index (Phi) is 7.69. The van der Waals surface area contributed by atoms with E-state index in [-0.39, 0.29) is 24.5 Å². The lowest BCUT2D eigenvalue weighted by Gasteiger charge is -2.31. The maximum Gasteiger partial charge on any atom is 0.251 e. The Balaban J connectivity index is 1.55. The fraction of sp³-hybridized carbons (Fsp3) is 0.357. The van der Waals surface area contributed by atoms with E-state index in [0.717, 1.165) is 12.8 Å². The van der Waals surface area contributed by atoms with Crippen LogP contribution < -0.4 is 15.0 Å². The maximum absolute atomic E-state index is 14.1. The van der Waals surface area contributed by atoms with Gasteiger partial charge in [-0.05, 0) is 63.1 Å². The van der Waals surface area contributed by atoms with Gasteiger partial charge < -0.3 is 19.2 Å². The molecule has 1 saturated heterocycles. The zero-order chi connectivity index (χ0) is 26.5. The Bertz CT molecular complexity index is 1410. The molecule has 2 aromatic heterocycles. The third kappa shape index (κ3) is 5.40. The summed E-state index contributed by atoms with van der Waals surface area (Å²) in [5.41, 5.74) is 1.84. The second-order valence-corrected chi connectivity index (χ2v) is 9.13. The van der Waals surface area contributed by atoms with Crippen molar-refractivity contribution in [1.29, 1.82) is 0 Å². The lowest BCUT2D eigenvalue weighted by molar-refractivity contribution is -0.127. The largest absolute Gasteiger partial charge is 0.492 e. The minimum absolute atomic E-state index is 0.0562. The van der Waals surface area contributed by atoms with Crippen LogP contribution in [0.1, 0.15) is 37.3 Å². The first kappa shape index (κ1) is 25.5. The summed E-state index contributed by atoms with van der Waals surface area (Å²) >= 11 is 0. The summed E-state index contributed by atoms with van der Waals surface area (Å²) in [5, 5.41) is 11.3. The highest BCUT2D eigenvalue weighted by atomic mass is 16.5. The Hall–Kier alpha value is -4.18. The quantitative estimate of drug-likeness (QED) is 0.341. The second-order valence-electron chi connectivity index (χ2n) is 9.13. The van der Waals surface area contributed by atoms with E-state index in [4.69, 9.17) is 13.9 Å². The molecule has 10 heteroatoms. The molecule has 2 aromatic carbocycles. The molecule has 0 unspecified atom stereocenters. The minimum atomic E-state index is -1.09. The number of ether oxygens (including phenoxy) is 2. The molecule has 4 aromatic rings. The van der Waals surface area contributed by atoms with Crippen LogP contribution >= 0.6 is 0 Å². The van der Waals surface area contributed by atoms with Crippen molar-refractivity contribution >= 4 is 28.5 Å². The van der Waals surface area contributed by atoms with Crippen molar-refractivity contribution in [3.05, 3.63) is 72.2 Å². The Labute approximate surface area is 220 Å². The van der Waals surface area contributed by atoms with Crippen LogP contribution in [-0.2, 0) is 20.9 Å². The molecule has 1 aliphatic heterocycles. The molecule has 0 aliphatic carbocycles. The summed E-state index contributed by atoms with van der Waals surface area (Å²) in [6.45, 7) is 4.94. The molecule has 2 atom stereocenters. The van der Waals surface area contributed by atoms with Crippen molar-refractivity contribution in [3.63, 3.8) is 0 Å². The number of amides is 2. The molecule has 0 bridgehead atoms. The van der Waals surface area contributed by atoms with Crippen molar-refractivity contribution in [2.45, 2.75) is 45.4 Å². The molecule has 0 saturated carbocycles. The van der Waals surface area contributed by atoms with E-state index in [2.05, 4.69) is 15.6 Å². The number of rotatable bonds is 10. The van der Waals surface area contributed by atoms with Gasteiger partial charge in [0.1, 0.15) is 29.3 Å². The van der Waals surface area contributed by atoms with Crippen LogP contribution in [0.2, 0.25) is 0 Å². The predicted molar refractivity (Wildman–Crippen MR) is 141 cm³/mol. The van der Waals surface area contributed by atoms with Crippen LogP contribution in [0.4, 0.5) is 5.69 Å². The fourth-order valence-corrected chi connectivity index (χ4v) is 4.68. The summed E-state index contributed by atoms with van der Waals surface area (Å²) in [6.07, 6.45) is 1.78. The zero-order valence-electron chi connectivity index (χ0n) is 21.5. The van der Waals surface area contributed by atoms with Gasteiger partial charge in [0.2, 0.25) is 5.91 Å². The molecule has 1 N–H and O–H groups in total. The van der Waals surface area contributed by atoms with Gasteiger partial charge in [-0.15, -0.1) is 5.10 Å². The van der Waals surface area contributed by atoms with Crippen LogP contribution in [0.25, 0.3) is 11.0 Å². The van der Waals surface area contributed by atoms with E-state index in [1.54, 1.807) is 37.3 Å². The smallest absolute Gasteiger partial charge is 0.251 e. The first-order valence-corrected chi connectivity index (χ1v) is 12.8. The number of nitrogens with one attached hydrogen (secondary N) is 1. The number of carbonyl (C=O) groups excluding carboxylic acids is 2. The zero-order valence-corrected chi connectivity index (χ0v) is 21.5. The first-order valence-electron chi connectivity index (χ1n) is 12.8. The van der Waals surface area contributed by atoms with E-state index in [0.29, 0.717) is 53.7 Å². The molecule has 1 fully saturated rings. The van der Waals surface area contributed by atoms with Gasteiger partial charge in [-0.1, -0.05) is 29.5 Å². The highest BCUT2D eigenvalue weighted by Crippen LogP contribution is 2.36. The highest BCUT2D eigenvalue weighted by molar-refractivity contribution is 6.02. The number of para-hydroxylation sites is 3. The van der Waals surface area contributed by atoms with E-state index >= 15 is 0 Å². The number of aryl methyl sites for hydroxylation is 1. The molecular weight excluding hydrogens is 486 g/mol. The topological polar surface area (TPSA) is 112 Å². The van der Waals surface area contributed by atoms with Gasteiger partial charge in [0.05, 0.1) is 23.9 Å². The van der Waals surface area contributed by atoms with Gasteiger partial charge in [-0.2, -0.15) is 0 Å². The van der Waals surface area contributed by atoms with Crippen LogP contribution in [0.5, 0.6) is 5.75 Å². The molecule has 10 nitrogen and oxygen atoms in total. The van der Waals surface area contributed by atoms with Crippen LogP contribution in [-0.4, -0.2) is 52.7 Å². The first-order chi connectivity index (χ1) is 18.5. The molecule has 3 heterocycles. The highest BCUT2D eigenvalue weighted by Gasteiger charge is 2.37. The van der Waals surface area contributed by atoms with Gasteiger partial charge in [0.25, 0.3) is 5.91 Å². The monoisotopic (exact) mass is 517 g/mol. The molecular formula is C28H31N5O5. The molecule has 2 amide bonds. The van der Waals surface area contributed by atoms with Crippen molar-refractivity contribution in [3.8, 4) is 5.75 Å². The number of aromatic nitrogens is 3. The molecule has 1 aliphatic rings. The molecule has 5 rings (SSSR count). The standard InChI is InChI=1S/C28H31N5O5/c1-3-36-24-13-7-6-12-23(24)33(26(34)18-32-22-11-5-4-10-21(22)30-31-32)27(25-15-14-19(2)38-25)28(35)29-17-20-9-8-16-37-20/h4-7,10-15,20,27H,3,8-9,16-18H2,1-2H3,(H,29,35)/t20-,27+/m1/s1. The number of furan rings is 1. The van der Waals surface area contributed by atoms with E-state index in [1.807, 2.05) is 37.3 Å². The maximum atomic E-state index is 14.1. The van der Waals surface area contributed by atoms with Gasteiger partial charge in [-0.25, -0.2) is 4.68 Å². The van der Waals surface area contributed by atoms with Gasteiger partial charge in [0, 0.05) is 13.2 Å². The summed E-state index contributed by atoms with van der Waals surface area (Å²) < 4.78 is 19.0. The van der Waals surface area contributed by atoms with E-state index in [9.17, 15) is 9.59 Å². The van der Waals surface area contributed by atoms with Crippen molar-refractivity contribution in [2.75, 3.05) is 24.7 Å². The summed E-state index contributed by atoms with van der Waals surface area (Å²) in [4.78, 5) is 29.4. The predicted octanol–water partition coefficient (Wildman–Crippen LogP) is 3.80. The normalized spacial score (nSPS) is 15.9. The molecule has 0 radical (unpaired) electrons. The summed E-state index contributed by atoms with van der Waals surface area (Å²) in [5.74, 6) is 0.698. The lowest BCUT2D eigenvalue weighted by Crippen LogP contribution is -2.46. The number of fused-ring (bicyclic) bond motifs is 1. The minimum Gasteiger partial charge on any atom is -0.492 e. The van der Waals surface area contributed by atoms with E-state index in [1.165, 1.54) is 9.58 Å². The number of nitrogens with zero attached hydrogens (tertiary/aromatic N) is 4. The van der Waals surface area contributed by atoms with Gasteiger partial charge in [-0.3, -0.25) is 14.5 Å². The van der Waals surface area contributed by atoms with Crippen molar-refractivity contribution < 1.29 is 23.5 Å². The Morgan fingerprint density at radius 3 is 2.74 bits per heavy atom. The second kappa shape index (κ2) is 11.5. The molecule has 38 heavy (non-hydrogen) atoms. The molecule has 198 valence electrons. The average Bonchev–Trinajstić information content (AvgIpc) is 3.69. The van der Waals surface area contributed by atoms with Crippen LogP contribution in [0.15, 0.2) is 65.1 Å². The Morgan fingerprint density at radius 1 is 1.16 bits per heavy atom. The summed E-state index contributed by atoms with van der Waals surface area (Å²) in [6, 6.07) is 17.0. The third-order valence-electron chi connectivity index (χ3n) is 6.46. The number of benzene rings is 2. The van der Waals surface area contributed by atoms with Crippen LogP contribution in [0, 0.1) is 6.92 Å². The molecule has 0 spiro atoms. The van der Waals surface area contributed by atoms with Gasteiger partial charge in [0.15, 0.2) is 6.04 Å². The van der Waals surface area contributed by atoms with Gasteiger partial charge >= 0.3 is 0 Å². The lowest BCUT2D eigenvalue weighted by atomic mass is 10.1. The third-order valence-corrected chi connectivity index (χ3v) is 6.46. The average molecular weight is 518 g/mol. The fourth-order valence-electron chi connectivity index (χ4n) is 4.68. The SMILES string of the molecule is CCOc1ccccc1N(C(=O)Cn1nnc2ccccc21)[C@H](C(=O)NC[C@H]1CCCO1)c1ccc(C)o1. The number of anilines is 1. The summed E-state index contributed by atoms with van der Waals surface area (Å²) in [7, 11) is 0. The number of hydrogen-bond donors (Lipinski definition) is 1.